The minimum absolute atomic E-state index is 0. The summed E-state index contributed by atoms with van der Waals surface area (Å²) in [5, 5.41) is 29.3. The van der Waals surface area contributed by atoms with Crippen molar-refractivity contribution in [3.8, 4) is 34.2 Å². The number of carbonyl (C=O) groups excluding carboxylic acids is 2. The molecule has 0 aliphatic carbocycles. The molecule has 5 rings (SSSR count). The van der Waals surface area contributed by atoms with Gasteiger partial charge in [-0.3, -0.25) is 9.59 Å². The van der Waals surface area contributed by atoms with Gasteiger partial charge in [-0.15, -0.1) is 12.4 Å². The minimum Gasteiger partial charge on any atom is -0.507 e. The number of nitrogens with one attached hydrogen (secondary N) is 3. The van der Waals surface area contributed by atoms with Gasteiger partial charge in [0.1, 0.15) is 23.2 Å². The number of furan rings is 1. The van der Waals surface area contributed by atoms with Gasteiger partial charge in [0.15, 0.2) is 11.6 Å². The molecule has 40 heavy (non-hydrogen) atoms. The van der Waals surface area contributed by atoms with Crippen LogP contribution in [0, 0.1) is 17.1 Å². The number of amides is 2. The van der Waals surface area contributed by atoms with Crippen LogP contribution in [0.4, 0.5) is 15.9 Å². The molecular formula is C29H25ClFN5O4. The van der Waals surface area contributed by atoms with Crippen LogP contribution in [0.5, 0.6) is 5.75 Å². The van der Waals surface area contributed by atoms with Crippen LogP contribution < -0.4 is 16.0 Å². The van der Waals surface area contributed by atoms with Crippen molar-refractivity contribution in [1.29, 1.82) is 5.26 Å². The molecule has 1 aliphatic heterocycles. The number of nitriles is 1. The second-order valence-corrected chi connectivity index (χ2v) is 9.11. The zero-order valence-electron chi connectivity index (χ0n) is 21.1. The maximum absolute atomic E-state index is 13.7. The number of phenols is 1. The molecule has 4 N–H and O–H groups in total. The summed E-state index contributed by atoms with van der Waals surface area (Å²) in [5.41, 5.74) is 1.92. The van der Waals surface area contributed by atoms with Crippen LogP contribution in [0.2, 0.25) is 0 Å². The molecule has 4 aromatic rings. The molecule has 11 heteroatoms. The maximum Gasteiger partial charge on any atom is 0.292 e. The first-order valence-corrected chi connectivity index (χ1v) is 12.3. The second-order valence-electron chi connectivity index (χ2n) is 9.11. The zero-order chi connectivity index (χ0) is 27.4. The Morgan fingerprint density at radius 2 is 1.98 bits per heavy atom. The quantitative estimate of drug-likeness (QED) is 0.234. The third-order valence-electron chi connectivity index (χ3n) is 6.40. The van der Waals surface area contributed by atoms with E-state index in [-0.39, 0.29) is 58.5 Å². The molecule has 0 spiro atoms. The zero-order valence-corrected chi connectivity index (χ0v) is 21.9. The van der Waals surface area contributed by atoms with Gasteiger partial charge in [-0.25, -0.2) is 9.37 Å². The number of pyridine rings is 1. The third kappa shape index (κ3) is 6.29. The van der Waals surface area contributed by atoms with Crippen LogP contribution in [0.15, 0.2) is 71.3 Å². The highest BCUT2D eigenvalue weighted by molar-refractivity contribution is 6.03. The first-order chi connectivity index (χ1) is 18.9. The number of hydrogen-bond acceptors (Lipinski definition) is 7. The number of phenolic OH excluding ortho intramolecular Hbond substituents is 1. The van der Waals surface area contributed by atoms with E-state index < -0.39 is 11.7 Å². The molecule has 0 bridgehead atoms. The highest BCUT2D eigenvalue weighted by atomic mass is 35.5. The van der Waals surface area contributed by atoms with Gasteiger partial charge in [-0.05, 0) is 67.4 Å². The predicted octanol–water partition coefficient (Wildman–Crippen LogP) is 5.48. The van der Waals surface area contributed by atoms with E-state index in [0.717, 1.165) is 25.5 Å². The SMILES string of the molecule is Cl.N#Cc1c(-c2cccc(NC(=O)C[C@@H]3CCCN3)c2)cc(-c2ccc(F)cc2O)nc1NC(=O)c1ccco1. The van der Waals surface area contributed by atoms with E-state index in [4.69, 9.17) is 4.42 Å². The molecule has 1 atom stereocenters. The Labute approximate surface area is 235 Å². The van der Waals surface area contributed by atoms with Crippen LogP contribution in [-0.2, 0) is 4.79 Å². The molecule has 0 saturated carbocycles. The number of halogens is 2. The third-order valence-corrected chi connectivity index (χ3v) is 6.40. The van der Waals surface area contributed by atoms with Gasteiger partial charge in [0.2, 0.25) is 5.91 Å². The fraction of sp³-hybridized carbons (Fsp3) is 0.172. The molecule has 9 nitrogen and oxygen atoms in total. The molecule has 1 saturated heterocycles. The van der Waals surface area contributed by atoms with Crippen LogP contribution in [0.3, 0.4) is 0 Å². The largest absolute Gasteiger partial charge is 0.507 e. The average molecular weight is 562 g/mol. The molecule has 2 aromatic heterocycles. The summed E-state index contributed by atoms with van der Waals surface area (Å²) >= 11 is 0. The molecule has 2 amide bonds. The van der Waals surface area contributed by atoms with Crippen LogP contribution in [-0.4, -0.2) is 34.5 Å². The van der Waals surface area contributed by atoms with E-state index in [1.807, 2.05) is 0 Å². The number of carbonyl (C=O) groups is 2. The lowest BCUT2D eigenvalue weighted by Crippen LogP contribution is -2.27. The standard InChI is InChI=1S/C29H24FN5O4.ClH/c30-18-8-9-21(25(36)13-18)24-15-22(23(16-31)28(34-24)35-29(38)26-7-3-11-39-26)17-4-1-5-20(12-17)33-27(37)14-19-6-2-10-32-19;/h1,3-5,7-9,11-13,15,19,32,36H,2,6,10,14H2,(H,33,37)(H,34,35,38);1H/t19-;/m0./s1. The number of benzene rings is 2. The normalized spacial score (nSPS) is 14.2. The Balaban J connectivity index is 0.00000370. The molecular weight excluding hydrogens is 537 g/mol. The van der Waals surface area contributed by atoms with Crippen molar-refractivity contribution in [2.45, 2.75) is 25.3 Å². The Bertz CT molecular complexity index is 1580. The Kier molecular flexibility index (Phi) is 8.79. The first-order valence-electron chi connectivity index (χ1n) is 12.3. The summed E-state index contributed by atoms with van der Waals surface area (Å²) in [6.45, 7) is 0.900. The van der Waals surface area contributed by atoms with Gasteiger partial charge >= 0.3 is 0 Å². The van der Waals surface area contributed by atoms with Crippen LogP contribution in [0.25, 0.3) is 22.4 Å². The molecule has 3 heterocycles. The van der Waals surface area contributed by atoms with Crippen molar-refractivity contribution in [2.24, 2.45) is 0 Å². The monoisotopic (exact) mass is 561 g/mol. The second kappa shape index (κ2) is 12.4. The molecule has 0 unspecified atom stereocenters. The van der Waals surface area contributed by atoms with Crippen LogP contribution in [0.1, 0.15) is 35.4 Å². The fourth-order valence-electron chi connectivity index (χ4n) is 4.54. The first kappa shape index (κ1) is 28.3. The number of anilines is 2. The van der Waals surface area contributed by atoms with E-state index in [0.29, 0.717) is 23.2 Å². The van der Waals surface area contributed by atoms with E-state index >= 15 is 0 Å². The summed E-state index contributed by atoms with van der Waals surface area (Å²) < 4.78 is 18.8. The predicted molar refractivity (Wildman–Crippen MR) is 150 cm³/mol. The summed E-state index contributed by atoms with van der Waals surface area (Å²) in [7, 11) is 0. The number of nitrogens with zero attached hydrogens (tertiary/aromatic N) is 2. The van der Waals surface area contributed by atoms with Gasteiger partial charge in [0.05, 0.1) is 12.0 Å². The molecule has 1 aliphatic rings. The average Bonchev–Trinajstić information content (AvgIpc) is 3.63. The number of rotatable bonds is 7. The Morgan fingerprint density at radius 1 is 1.12 bits per heavy atom. The number of hydrogen-bond donors (Lipinski definition) is 4. The smallest absolute Gasteiger partial charge is 0.292 e. The summed E-state index contributed by atoms with van der Waals surface area (Å²) in [6.07, 6.45) is 3.67. The van der Waals surface area contributed by atoms with Gasteiger partial charge in [0.25, 0.3) is 5.91 Å². The summed E-state index contributed by atoms with van der Waals surface area (Å²) in [6, 6.07) is 17.2. The molecule has 2 aromatic carbocycles. The molecule has 0 radical (unpaired) electrons. The topological polar surface area (TPSA) is 140 Å². The van der Waals surface area contributed by atoms with Gasteiger partial charge in [-0.2, -0.15) is 5.26 Å². The highest BCUT2D eigenvalue weighted by Crippen LogP contribution is 2.36. The Hall–Kier alpha value is -4.72. The van der Waals surface area contributed by atoms with E-state index in [9.17, 15) is 24.3 Å². The number of aromatic hydroxyl groups is 1. The highest BCUT2D eigenvalue weighted by Gasteiger charge is 2.21. The summed E-state index contributed by atoms with van der Waals surface area (Å²) in [5.74, 6) is -1.81. The number of aromatic nitrogens is 1. The Morgan fingerprint density at radius 3 is 2.67 bits per heavy atom. The van der Waals surface area contributed by atoms with E-state index in [2.05, 4.69) is 27.0 Å². The van der Waals surface area contributed by atoms with Crippen molar-refractivity contribution in [1.82, 2.24) is 10.3 Å². The summed E-state index contributed by atoms with van der Waals surface area (Å²) in [4.78, 5) is 29.8. The van der Waals surface area contributed by atoms with Gasteiger partial charge in [-0.1, -0.05) is 12.1 Å². The van der Waals surface area contributed by atoms with Crippen molar-refractivity contribution in [2.75, 3.05) is 17.2 Å². The van der Waals surface area contributed by atoms with Crippen molar-refractivity contribution >= 4 is 35.7 Å². The van der Waals surface area contributed by atoms with Crippen molar-refractivity contribution in [3.05, 3.63) is 84.1 Å². The van der Waals surface area contributed by atoms with Gasteiger partial charge < -0.3 is 25.5 Å². The fourth-order valence-corrected chi connectivity index (χ4v) is 4.54. The van der Waals surface area contributed by atoms with Crippen molar-refractivity contribution < 1.29 is 23.5 Å². The lowest BCUT2D eigenvalue weighted by Gasteiger charge is -2.15. The van der Waals surface area contributed by atoms with Crippen molar-refractivity contribution in [3.63, 3.8) is 0 Å². The van der Waals surface area contributed by atoms with Crippen LogP contribution >= 0.6 is 12.4 Å². The minimum atomic E-state index is -0.632. The molecule has 204 valence electrons. The maximum atomic E-state index is 13.7. The molecule has 1 fully saturated rings. The van der Waals surface area contributed by atoms with E-state index in [1.165, 1.54) is 24.5 Å². The van der Waals surface area contributed by atoms with Gasteiger partial charge in [0, 0.05) is 35.3 Å². The lowest BCUT2D eigenvalue weighted by molar-refractivity contribution is -0.116. The lowest BCUT2D eigenvalue weighted by atomic mass is 9.97. The van der Waals surface area contributed by atoms with E-state index in [1.54, 1.807) is 36.4 Å².